The van der Waals surface area contributed by atoms with E-state index in [2.05, 4.69) is 0 Å². The summed E-state index contributed by atoms with van der Waals surface area (Å²) in [7, 11) is 1.67. The van der Waals surface area contributed by atoms with Gasteiger partial charge in [-0.1, -0.05) is 0 Å². The van der Waals surface area contributed by atoms with Crippen LogP contribution in [-0.4, -0.2) is 44.7 Å². The third-order valence-corrected chi connectivity index (χ3v) is 2.14. The van der Waals surface area contributed by atoms with Crippen molar-refractivity contribution in [3.8, 4) is 0 Å². The molecule has 0 aromatic rings. The molecule has 0 aliphatic rings. The first-order valence-corrected chi connectivity index (χ1v) is 5.80. The van der Waals surface area contributed by atoms with Crippen molar-refractivity contribution in [1.29, 1.82) is 0 Å². The van der Waals surface area contributed by atoms with Crippen molar-refractivity contribution in [2.45, 2.75) is 45.3 Å². The fourth-order valence-electron chi connectivity index (χ4n) is 1.23. The smallest absolute Gasteiger partial charge is 0.0860 e. The molecule has 0 saturated heterocycles. The third kappa shape index (κ3) is 8.05. The van der Waals surface area contributed by atoms with Gasteiger partial charge in [0.05, 0.1) is 24.4 Å². The Balaban J connectivity index is 3.87. The molecule has 0 aliphatic carbocycles. The second-order valence-corrected chi connectivity index (χ2v) is 5.23. The summed E-state index contributed by atoms with van der Waals surface area (Å²) >= 11 is 0. The van der Waals surface area contributed by atoms with Crippen LogP contribution in [0.15, 0.2) is 0 Å². The van der Waals surface area contributed by atoms with Crippen LogP contribution in [0.1, 0.15) is 34.1 Å². The Labute approximate surface area is 99.4 Å². The van der Waals surface area contributed by atoms with Gasteiger partial charge in [-0.25, -0.2) is 0 Å². The van der Waals surface area contributed by atoms with Crippen molar-refractivity contribution >= 4 is 0 Å². The van der Waals surface area contributed by atoms with Crippen LogP contribution in [0.25, 0.3) is 0 Å². The molecule has 0 aromatic heterocycles. The Morgan fingerprint density at radius 2 is 1.50 bits per heavy atom. The fraction of sp³-hybridized carbons (Fsp3) is 1.00. The van der Waals surface area contributed by atoms with Crippen LogP contribution >= 0.6 is 0 Å². The summed E-state index contributed by atoms with van der Waals surface area (Å²) in [5.74, 6) is 0. The van der Waals surface area contributed by atoms with E-state index in [1.54, 1.807) is 7.11 Å². The molecular weight excluding hydrogens is 206 g/mol. The van der Waals surface area contributed by atoms with Gasteiger partial charge in [0.25, 0.3) is 0 Å². The van der Waals surface area contributed by atoms with Crippen molar-refractivity contribution in [1.82, 2.24) is 0 Å². The number of hydrogen-bond donors (Lipinski definition) is 1. The molecule has 4 nitrogen and oxygen atoms in total. The molecule has 0 amide bonds. The van der Waals surface area contributed by atoms with Gasteiger partial charge >= 0.3 is 0 Å². The van der Waals surface area contributed by atoms with E-state index in [1.807, 2.05) is 27.7 Å². The highest BCUT2D eigenvalue weighted by atomic mass is 16.6. The summed E-state index contributed by atoms with van der Waals surface area (Å²) < 4.78 is 16.6. The molecule has 0 atom stereocenters. The van der Waals surface area contributed by atoms with Crippen LogP contribution in [0.2, 0.25) is 0 Å². The summed E-state index contributed by atoms with van der Waals surface area (Å²) in [5, 5.41) is 0. The standard InChI is InChI=1S/C12H27NO3/c1-11(2,9-14-5)16-10-12(3,4)15-8-6-7-13/h6-10,13H2,1-5H3. The number of hydrogen-bond acceptors (Lipinski definition) is 4. The normalized spacial score (nSPS) is 13.1. The summed E-state index contributed by atoms with van der Waals surface area (Å²) in [6.07, 6.45) is 0.880. The molecular formula is C12H27NO3. The van der Waals surface area contributed by atoms with Crippen molar-refractivity contribution in [3.05, 3.63) is 0 Å². The third-order valence-electron chi connectivity index (χ3n) is 2.14. The predicted octanol–water partition coefficient (Wildman–Crippen LogP) is 1.57. The first-order chi connectivity index (χ1) is 7.33. The maximum atomic E-state index is 5.78. The highest BCUT2D eigenvalue weighted by molar-refractivity contribution is 4.73. The molecule has 0 unspecified atom stereocenters. The Morgan fingerprint density at radius 1 is 0.938 bits per heavy atom. The van der Waals surface area contributed by atoms with Crippen molar-refractivity contribution in [3.63, 3.8) is 0 Å². The van der Waals surface area contributed by atoms with E-state index in [9.17, 15) is 0 Å². The average Bonchev–Trinajstić information content (AvgIpc) is 2.16. The topological polar surface area (TPSA) is 53.7 Å². The molecule has 0 bridgehead atoms. The van der Waals surface area contributed by atoms with Gasteiger partial charge in [0.2, 0.25) is 0 Å². The minimum Gasteiger partial charge on any atom is -0.382 e. The minimum absolute atomic E-state index is 0.275. The van der Waals surface area contributed by atoms with E-state index >= 15 is 0 Å². The first kappa shape index (κ1) is 15.8. The van der Waals surface area contributed by atoms with Gasteiger partial charge in [0.15, 0.2) is 0 Å². The van der Waals surface area contributed by atoms with Crippen LogP contribution in [0.3, 0.4) is 0 Å². The monoisotopic (exact) mass is 233 g/mol. The quantitative estimate of drug-likeness (QED) is 0.614. The van der Waals surface area contributed by atoms with Gasteiger partial charge in [-0.05, 0) is 40.7 Å². The number of ether oxygens (including phenoxy) is 3. The van der Waals surface area contributed by atoms with Gasteiger partial charge < -0.3 is 19.9 Å². The maximum absolute atomic E-state index is 5.78. The van der Waals surface area contributed by atoms with E-state index in [0.29, 0.717) is 26.4 Å². The summed E-state index contributed by atoms with van der Waals surface area (Å²) in [6.45, 7) is 10.5. The lowest BCUT2D eigenvalue weighted by Crippen LogP contribution is -2.39. The lowest BCUT2D eigenvalue weighted by Gasteiger charge is -2.31. The minimum atomic E-state index is -0.278. The molecule has 0 rings (SSSR count). The second-order valence-electron chi connectivity index (χ2n) is 5.23. The van der Waals surface area contributed by atoms with E-state index < -0.39 is 0 Å². The predicted molar refractivity (Wildman–Crippen MR) is 65.6 cm³/mol. The number of rotatable bonds is 9. The van der Waals surface area contributed by atoms with Crippen LogP contribution in [0.5, 0.6) is 0 Å². The average molecular weight is 233 g/mol. The van der Waals surface area contributed by atoms with Crippen molar-refractivity contribution in [2.24, 2.45) is 5.73 Å². The molecule has 98 valence electrons. The largest absolute Gasteiger partial charge is 0.382 e. The Bertz CT molecular complexity index is 181. The highest BCUT2D eigenvalue weighted by Gasteiger charge is 2.25. The molecule has 0 spiro atoms. The molecule has 0 aromatic carbocycles. The molecule has 0 heterocycles. The molecule has 0 aliphatic heterocycles. The van der Waals surface area contributed by atoms with Crippen LogP contribution in [0, 0.1) is 0 Å². The molecule has 16 heavy (non-hydrogen) atoms. The summed E-state index contributed by atoms with van der Waals surface area (Å²) in [5.41, 5.74) is 4.86. The molecule has 4 heteroatoms. The molecule has 0 fully saturated rings. The van der Waals surface area contributed by atoms with E-state index in [-0.39, 0.29) is 11.2 Å². The zero-order chi connectivity index (χ0) is 12.7. The van der Waals surface area contributed by atoms with Crippen LogP contribution in [0.4, 0.5) is 0 Å². The maximum Gasteiger partial charge on any atom is 0.0860 e. The number of nitrogens with two attached hydrogens (primary N) is 1. The fourth-order valence-corrected chi connectivity index (χ4v) is 1.23. The van der Waals surface area contributed by atoms with E-state index in [4.69, 9.17) is 19.9 Å². The molecule has 0 saturated carbocycles. The summed E-state index contributed by atoms with van der Waals surface area (Å²) in [4.78, 5) is 0. The lowest BCUT2D eigenvalue weighted by molar-refractivity contribution is -0.136. The van der Waals surface area contributed by atoms with Gasteiger partial charge in [-0.15, -0.1) is 0 Å². The van der Waals surface area contributed by atoms with Gasteiger partial charge in [-0.2, -0.15) is 0 Å². The van der Waals surface area contributed by atoms with Crippen LogP contribution < -0.4 is 5.73 Å². The Morgan fingerprint density at radius 3 is 2.00 bits per heavy atom. The highest BCUT2D eigenvalue weighted by Crippen LogP contribution is 2.16. The Hall–Kier alpha value is -0.160. The molecule has 0 radical (unpaired) electrons. The SMILES string of the molecule is COCC(C)(C)OCC(C)(C)OCCCN. The Kier molecular flexibility index (Phi) is 7.15. The van der Waals surface area contributed by atoms with Gasteiger partial charge in [0.1, 0.15) is 0 Å². The van der Waals surface area contributed by atoms with Crippen LogP contribution in [-0.2, 0) is 14.2 Å². The van der Waals surface area contributed by atoms with E-state index in [1.165, 1.54) is 0 Å². The van der Waals surface area contributed by atoms with E-state index in [0.717, 1.165) is 6.42 Å². The van der Waals surface area contributed by atoms with Crippen molar-refractivity contribution < 1.29 is 14.2 Å². The van der Waals surface area contributed by atoms with Gasteiger partial charge in [-0.3, -0.25) is 0 Å². The number of methoxy groups -OCH3 is 1. The van der Waals surface area contributed by atoms with Gasteiger partial charge in [0, 0.05) is 13.7 Å². The van der Waals surface area contributed by atoms with Crippen molar-refractivity contribution in [2.75, 3.05) is 33.5 Å². The molecule has 2 N–H and O–H groups in total. The zero-order valence-corrected chi connectivity index (χ0v) is 11.3. The second kappa shape index (κ2) is 7.22. The zero-order valence-electron chi connectivity index (χ0n) is 11.3. The lowest BCUT2D eigenvalue weighted by atomic mass is 10.1. The summed E-state index contributed by atoms with van der Waals surface area (Å²) in [6, 6.07) is 0. The first-order valence-electron chi connectivity index (χ1n) is 5.80.